The average molecular weight is 1800 g/mol. The Balaban J connectivity index is 1.09. The topological polar surface area (TPSA) is 591 Å². The zero-order valence-electron chi connectivity index (χ0n) is 68.9. The number of carbonyl (C=O) groups is 9. The number of primary amides is 1. The molecule has 0 aliphatic carbocycles. The molecule has 40 heteroatoms. The number of rotatable bonds is 27. The number of hydrogen-bond acceptors (Lipinski definition) is 29. The van der Waals surface area contributed by atoms with Gasteiger partial charge >= 0.3 is 5.97 Å². The number of carboxylic acids is 1. The second-order valence-electron chi connectivity index (χ2n) is 32.1. The molecule has 21 N–H and O–H groups in total. The van der Waals surface area contributed by atoms with E-state index in [2.05, 4.69) is 36.6 Å². The van der Waals surface area contributed by atoms with Gasteiger partial charge in [-0.1, -0.05) is 81.9 Å². The van der Waals surface area contributed by atoms with Gasteiger partial charge in [0.05, 0.1) is 63.7 Å². The van der Waals surface area contributed by atoms with Gasteiger partial charge in [0.1, 0.15) is 89.2 Å². The Morgan fingerprint density at radius 3 is 2.00 bits per heavy atom. The van der Waals surface area contributed by atoms with E-state index in [-0.39, 0.29) is 64.2 Å². The highest BCUT2D eigenvalue weighted by molar-refractivity contribution is 7.89. The largest absolute Gasteiger partial charge is 0.507 e. The Morgan fingerprint density at radius 2 is 1.39 bits per heavy atom. The molecule has 676 valence electrons. The number of aromatic hydroxyl groups is 3. The molecular formula is C85H103Cl2N9O28S. The smallest absolute Gasteiger partial charge is 0.330 e. The number of unbranched alkanes of at least 4 members (excludes halogenated alkanes) is 2. The minimum absolute atomic E-state index is 0.0512. The van der Waals surface area contributed by atoms with E-state index in [1.54, 1.807) is 6.92 Å². The lowest BCUT2D eigenvalue weighted by molar-refractivity contribution is -0.334. The maximum absolute atomic E-state index is 16.5. The summed E-state index contributed by atoms with van der Waals surface area (Å²) in [7, 11) is -4.14. The van der Waals surface area contributed by atoms with Gasteiger partial charge in [-0.15, -0.1) is 0 Å². The fraction of sp³-hybridized carbons (Fsp3) is 0.471. The summed E-state index contributed by atoms with van der Waals surface area (Å²) in [6, 6.07) is 9.76. The van der Waals surface area contributed by atoms with Crippen molar-refractivity contribution in [3.63, 3.8) is 0 Å². The molecule has 7 heterocycles. The predicted molar refractivity (Wildman–Crippen MR) is 444 cm³/mol. The number of halogens is 2. The molecule has 2 saturated heterocycles. The predicted octanol–water partition coefficient (Wildman–Crippen LogP) is 4.27. The summed E-state index contributed by atoms with van der Waals surface area (Å²) < 4.78 is 74.0. The quantitative estimate of drug-likeness (QED) is 0.0320. The lowest BCUT2D eigenvalue weighted by atomic mass is 9.84. The summed E-state index contributed by atoms with van der Waals surface area (Å²) >= 11 is 14.3. The van der Waals surface area contributed by atoms with Gasteiger partial charge in [-0.05, 0) is 140 Å². The number of carbonyl (C=O) groups excluding carboxylic acids is 8. The molecule has 0 spiro atoms. The highest BCUT2D eigenvalue weighted by atomic mass is 35.5. The van der Waals surface area contributed by atoms with Gasteiger partial charge in [0.25, 0.3) is 0 Å². The van der Waals surface area contributed by atoms with Crippen LogP contribution in [0, 0.1) is 17.8 Å². The number of benzene rings is 6. The summed E-state index contributed by atoms with van der Waals surface area (Å²) in [5, 5.41) is 134. The monoisotopic (exact) mass is 1800 g/mol. The highest BCUT2D eigenvalue weighted by Gasteiger charge is 2.53. The van der Waals surface area contributed by atoms with E-state index in [0.29, 0.717) is 18.8 Å². The fourth-order valence-electron chi connectivity index (χ4n) is 15.8. The van der Waals surface area contributed by atoms with Gasteiger partial charge in [0, 0.05) is 67.9 Å². The molecule has 0 aromatic heterocycles. The van der Waals surface area contributed by atoms with E-state index in [0.717, 1.165) is 79.9 Å². The minimum Gasteiger partial charge on any atom is -0.507 e. The zero-order chi connectivity index (χ0) is 91.0. The van der Waals surface area contributed by atoms with Crippen LogP contribution in [-0.4, -0.2) is 212 Å². The number of nitrogens with two attached hydrogens (primary N) is 2. The highest BCUT2D eigenvalue weighted by Crippen LogP contribution is 2.51. The molecule has 11 bridgehead atoms. The second-order valence-corrected chi connectivity index (χ2v) is 34.7. The van der Waals surface area contributed by atoms with Crippen LogP contribution in [0.25, 0.3) is 11.1 Å². The van der Waals surface area contributed by atoms with Gasteiger partial charge in [-0.3, -0.25) is 38.4 Å². The molecule has 37 nitrogen and oxygen atoms in total. The third-order valence-corrected chi connectivity index (χ3v) is 24.6. The normalized spacial score (nSPS) is 26.2. The summed E-state index contributed by atoms with van der Waals surface area (Å²) in [5.41, 5.74) is 6.59. The number of Topliss-reactive ketones (excluding diaryl/α,β-unsaturated/α-hetero) is 2. The molecule has 0 unspecified atom stereocenters. The molecule has 125 heavy (non-hydrogen) atoms. The first-order chi connectivity index (χ1) is 59.3. The average Bonchev–Trinajstić information content (AvgIpc) is 0.757. The number of phenolic OH excluding ortho intramolecular Hbond substituents is 3. The molecule has 7 aliphatic heterocycles. The minimum atomic E-state index is -4.14. The number of aliphatic carboxylic acids is 1. The van der Waals surface area contributed by atoms with Crippen LogP contribution < -0.4 is 67.0 Å². The van der Waals surface area contributed by atoms with Crippen LogP contribution in [0.15, 0.2) is 102 Å². The van der Waals surface area contributed by atoms with Crippen molar-refractivity contribution in [1.82, 2.24) is 36.6 Å². The lowest BCUT2D eigenvalue weighted by Gasteiger charge is -2.48. The molecule has 6 aromatic rings. The molecule has 18 atom stereocenters. The van der Waals surface area contributed by atoms with Gasteiger partial charge in [-0.2, -0.15) is 0 Å². The van der Waals surface area contributed by atoms with Crippen LogP contribution in [0.2, 0.25) is 10.0 Å². The third-order valence-electron chi connectivity index (χ3n) is 22.5. The summed E-state index contributed by atoms with van der Waals surface area (Å²) in [4.78, 5) is 133. The summed E-state index contributed by atoms with van der Waals surface area (Å²) in [6.45, 7) is 8.27. The van der Waals surface area contributed by atoms with Crippen molar-refractivity contribution in [3.05, 3.63) is 140 Å². The van der Waals surface area contributed by atoms with Crippen molar-refractivity contribution >= 4 is 86.2 Å². The molecule has 7 aliphatic rings. The Labute approximate surface area is 728 Å². The standard InChI is InChI=1S/C85H103Cl2N9O28S/c1-7-9-10-23-118-46-14-16-47(17-15-46)125(116,117)91-22-21-90-36-51-55(99)33-50-66(73(51)106)49-25-41(11-18-54(49)98)48-32-57(101)67-44-29-60(120-58-19-12-42(26-52(58)86)71(104)69(94-79(110)40(8-2)24-38(3)4)56(100)28-45(31-63(89)102)80(111)92-67)76(61(30-44)121-59-20-13-43(27-53(59)87)72(105)70(95-81(48)112)82(113)93-68(50)83(114)115)124-84-77(75(108)74(107)62(37-97)122-84)123-65-34-85(6,96-64(103)35-88)78(109)39(5)119-65/h11-20,25-27,29-30,33,38-40,45,48,62,65,67-72,74-75,77-78,84,90-91,97-99,104-109H,7-10,21-24,28,31-32,34-37,88H2,1-6H3,(H2,89,102)(H,92,111)(H,93,113)(H,94,110)(H,95,112)(H,96,103)(H,114,115)/t39-,40+,45-,48+,62+,65-,67+,68-,69-,70-,71+,72+,74+,75-,77+,78+,84-,85-/m0/s1. The zero-order valence-corrected chi connectivity index (χ0v) is 71.2. The van der Waals surface area contributed by atoms with Crippen molar-refractivity contribution in [3.8, 4) is 62.9 Å². The van der Waals surface area contributed by atoms with Crippen LogP contribution in [0.3, 0.4) is 0 Å². The fourth-order valence-corrected chi connectivity index (χ4v) is 17.3. The first-order valence-corrected chi connectivity index (χ1v) is 42.9. The van der Waals surface area contributed by atoms with E-state index in [1.165, 1.54) is 50.2 Å². The Kier molecular flexibility index (Phi) is 31.2. The first kappa shape index (κ1) is 95.3. The van der Waals surface area contributed by atoms with Crippen molar-refractivity contribution in [2.24, 2.45) is 29.2 Å². The molecule has 2 fully saturated rings. The van der Waals surface area contributed by atoms with Crippen molar-refractivity contribution in [1.29, 1.82) is 0 Å². The number of amides is 6. The molecule has 0 saturated carbocycles. The van der Waals surface area contributed by atoms with Gasteiger partial charge < -0.3 is 128 Å². The maximum Gasteiger partial charge on any atom is 0.330 e. The number of fused-ring (bicyclic) bond motifs is 15. The molecule has 0 radical (unpaired) electrons. The van der Waals surface area contributed by atoms with E-state index in [9.17, 15) is 78.7 Å². The molecule has 6 amide bonds. The first-order valence-electron chi connectivity index (χ1n) is 40.7. The van der Waals surface area contributed by atoms with E-state index in [4.69, 9.17) is 67.8 Å². The Morgan fingerprint density at radius 1 is 0.736 bits per heavy atom. The number of aliphatic hydroxyl groups is 6. The number of phenols is 3. The molecule has 6 aromatic carbocycles. The summed E-state index contributed by atoms with van der Waals surface area (Å²) in [6.07, 6.45) is -18.6. The molecule has 13 rings (SSSR count). The van der Waals surface area contributed by atoms with Crippen molar-refractivity contribution < 1.29 is 136 Å². The van der Waals surface area contributed by atoms with Gasteiger partial charge in [0.2, 0.25) is 57.5 Å². The van der Waals surface area contributed by atoms with Crippen LogP contribution >= 0.6 is 23.2 Å². The van der Waals surface area contributed by atoms with Crippen molar-refractivity contribution in [2.75, 3.05) is 32.8 Å². The Hall–Kier alpha value is -10.4. The molecular weight excluding hydrogens is 1700 g/mol. The lowest BCUT2D eigenvalue weighted by Crippen LogP contribution is -2.66. The van der Waals surface area contributed by atoms with E-state index < -0.39 is 284 Å². The van der Waals surface area contributed by atoms with E-state index >= 15 is 24.0 Å². The number of sulfonamides is 1. The second kappa shape index (κ2) is 40.9. The van der Waals surface area contributed by atoms with Crippen LogP contribution in [0.1, 0.15) is 163 Å². The number of nitrogens with one attached hydrogen (secondary N) is 7. The van der Waals surface area contributed by atoms with Crippen LogP contribution in [0.5, 0.6) is 51.7 Å². The number of carboxylic acid groups (broad SMARTS) is 1. The van der Waals surface area contributed by atoms with Gasteiger partial charge in [-0.25, -0.2) is 17.9 Å². The van der Waals surface area contributed by atoms with Gasteiger partial charge in [0.15, 0.2) is 41.5 Å². The van der Waals surface area contributed by atoms with Crippen LogP contribution in [-0.2, 0) is 73.9 Å². The Bertz CT molecular complexity index is 5150. The number of hydrogen-bond donors (Lipinski definition) is 19. The van der Waals surface area contributed by atoms with Crippen LogP contribution in [0.4, 0.5) is 0 Å². The third kappa shape index (κ3) is 22.0. The summed E-state index contributed by atoms with van der Waals surface area (Å²) in [5.74, 6) is -20.5. The maximum atomic E-state index is 16.5. The van der Waals surface area contributed by atoms with Crippen molar-refractivity contribution in [2.45, 2.75) is 208 Å². The number of ether oxygens (including phenoxy) is 7. The number of aliphatic hydroxyl groups excluding tert-OH is 6. The van der Waals surface area contributed by atoms with E-state index in [1.807, 2.05) is 20.8 Å². The number of ketones is 2. The SMILES string of the molecule is CCCCCOc1ccc(S(=O)(=O)NCCNCc2c(O)cc3c(c2O)-c2cc(ccc2O)[C@H]2CC(=O)[C@@H]4NC(=O)[C@H](CC(N)=O)CC(=O)[C@H](NC(=O)[C@H](CC)CC(C)C)[C@H](O)c5ccc(c(Cl)c5)Oc5cc4cc(c5O[C@@H]4O[C@H](CO)[C@@H](O)[C@H](O)[C@H]4O[C@H]4C[C@](C)(NC(=O)CN)[C@H](O)[C@H](C)O4)Oc4ccc(cc4Cl)[C@@H](O)[C@H](NC2=O)C(=O)N[C@@H]3C(=O)O)cc1.